The molecule has 6 heteroatoms. The number of aromatic carboxylic acids is 1. The second-order valence-electron chi connectivity index (χ2n) is 4.43. The fourth-order valence-corrected chi connectivity index (χ4v) is 2.10. The number of halogens is 1. The van der Waals surface area contributed by atoms with Crippen molar-refractivity contribution in [3.63, 3.8) is 0 Å². The minimum atomic E-state index is -1.10. The monoisotopic (exact) mass is 271 g/mol. The Morgan fingerprint density at radius 2 is 2.10 bits per heavy atom. The van der Waals surface area contributed by atoms with Crippen LogP contribution in [0.25, 0.3) is 16.7 Å². The number of hydrogen-bond donors (Lipinski definition) is 1. The van der Waals surface area contributed by atoms with Crippen molar-refractivity contribution in [3.05, 3.63) is 53.3 Å². The largest absolute Gasteiger partial charge is 0.478 e. The highest BCUT2D eigenvalue weighted by atomic mass is 19.1. The summed E-state index contributed by atoms with van der Waals surface area (Å²) < 4.78 is 15.3. The minimum absolute atomic E-state index is 0.0347. The second-order valence-corrected chi connectivity index (χ2v) is 4.43. The SMILES string of the molecule is Cc1ccc(-n2nnc3cccc(C(=O)O)c32)c(F)c1. The molecule has 20 heavy (non-hydrogen) atoms. The molecule has 0 spiro atoms. The summed E-state index contributed by atoms with van der Waals surface area (Å²) in [6.45, 7) is 1.77. The predicted octanol–water partition coefficient (Wildman–Crippen LogP) is 2.57. The van der Waals surface area contributed by atoms with E-state index in [2.05, 4.69) is 10.3 Å². The van der Waals surface area contributed by atoms with E-state index in [1.807, 2.05) is 0 Å². The van der Waals surface area contributed by atoms with Gasteiger partial charge < -0.3 is 5.11 Å². The summed E-state index contributed by atoms with van der Waals surface area (Å²) in [4.78, 5) is 11.3. The molecule has 5 nitrogen and oxygen atoms in total. The summed E-state index contributed by atoms with van der Waals surface area (Å²) in [6.07, 6.45) is 0. The van der Waals surface area contributed by atoms with Crippen LogP contribution in [-0.4, -0.2) is 26.1 Å². The molecule has 0 aliphatic heterocycles. The van der Waals surface area contributed by atoms with Crippen LogP contribution in [0.3, 0.4) is 0 Å². The van der Waals surface area contributed by atoms with E-state index in [0.717, 1.165) is 5.56 Å². The van der Waals surface area contributed by atoms with Crippen LogP contribution in [0.4, 0.5) is 4.39 Å². The summed E-state index contributed by atoms with van der Waals surface area (Å²) in [7, 11) is 0. The van der Waals surface area contributed by atoms with E-state index in [1.54, 1.807) is 31.2 Å². The summed E-state index contributed by atoms with van der Waals surface area (Å²) >= 11 is 0. The first kappa shape index (κ1) is 12.3. The van der Waals surface area contributed by atoms with Crippen molar-refractivity contribution in [3.8, 4) is 5.69 Å². The van der Waals surface area contributed by atoms with Gasteiger partial charge in [0.2, 0.25) is 0 Å². The number of carboxylic acid groups (broad SMARTS) is 1. The van der Waals surface area contributed by atoms with Crippen LogP contribution < -0.4 is 0 Å². The van der Waals surface area contributed by atoms with E-state index in [0.29, 0.717) is 5.52 Å². The minimum Gasteiger partial charge on any atom is -0.478 e. The van der Waals surface area contributed by atoms with E-state index in [-0.39, 0.29) is 16.8 Å². The van der Waals surface area contributed by atoms with Crippen LogP contribution in [-0.2, 0) is 0 Å². The quantitative estimate of drug-likeness (QED) is 0.777. The van der Waals surface area contributed by atoms with Gasteiger partial charge in [0.15, 0.2) is 0 Å². The number of aryl methyl sites for hydroxylation is 1. The van der Waals surface area contributed by atoms with Gasteiger partial charge in [-0.15, -0.1) is 5.10 Å². The number of aromatic nitrogens is 3. The molecule has 0 fully saturated rings. The summed E-state index contributed by atoms with van der Waals surface area (Å²) in [5.74, 6) is -1.58. The van der Waals surface area contributed by atoms with Crippen LogP contribution >= 0.6 is 0 Å². The molecule has 0 aliphatic carbocycles. The van der Waals surface area contributed by atoms with E-state index in [4.69, 9.17) is 0 Å². The van der Waals surface area contributed by atoms with Crippen molar-refractivity contribution in [2.45, 2.75) is 6.92 Å². The Kier molecular flexibility index (Phi) is 2.71. The number of carboxylic acids is 1. The number of para-hydroxylation sites is 1. The standard InChI is InChI=1S/C14H10FN3O2/c1-8-5-6-12(10(15)7-8)18-13-9(14(19)20)3-2-4-11(13)16-17-18/h2-7H,1H3,(H,19,20). The highest BCUT2D eigenvalue weighted by Gasteiger charge is 2.17. The number of rotatable bonds is 2. The molecule has 0 atom stereocenters. The third-order valence-corrected chi connectivity index (χ3v) is 3.03. The van der Waals surface area contributed by atoms with Crippen molar-refractivity contribution in [2.24, 2.45) is 0 Å². The number of carbonyl (C=O) groups is 1. The zero-order chi connectivity index (χ0) is 14.3. The van der Waals surface area contributed by atoms with Gasteiger partial charge in [-0.2, -0.15) is 0 Å². The van der Waals surface area contributed by atoms with Crippen molar-refractivity contribution in [1.82, 2.24) is 15.0 Å². The second kappa shape index (κ2) is 4.41. The molecule has 1 N–H and O–H groups in total. The van der Waals surface area contributed by atoms with Crippen molar-refractivity contribution < 1.29 is 14.3 Å². The van der Waals surface area contributed by atoms with Crippen molar-refractivity contribution in [1.29, 1.82) is 0 Å². The first-order valence-corrected chi connectivity index (χ1v) is 5.92. The molecule has 0 radical (unpaired) electrons. The third-order valence-electron chi connectivity index (χ3n) is 3.03. The van der Waals surface area contributed by atoms with Gasteiger partial charge in [-0.1, -0.05) is 17.3 Å². The zero-order valence-electron chi connectivity index (χ0n) is 10.5. The van der Waals surface area contributed by atoms with Gasteiger partial charge >= 0.3 is 5.97 Å². The maximum absolute atomic E-state index is 14.0. The number of nitrogens with zero attached hydrogens (tertiary/aromatic N) is 3. The molecule has 100 valence electrons. The molecule has 0 amide bonds. The fraction of sp³-hybridized carbons (Fsp3) is 0.0714. The molecule has 1 aromatic heterocycles. The van der Waals surface area contributed by atoms with E-state index in [1.165, 1.54) is 16.8 Å². The highest BCUT2D eigenvalue weighted by molar-refractivity contribution is 6.01. The zero-order valence-corrected chi connectivity index (χ0v) is 10.5. The van der Waals surface area contributed by atoms with Crippen molar-refractivity contribution in [2.75, 3.05) is 0 Å². The molecule has 2 aromatic carbocycles. The average Bonchev–Trinajstić information content (AvgIpc) is 2.82. The number of benzene rings is 2. The number of hydrogen-bond acceptors (Lipinski definition) is 3. The van der Waals surface area contributed by atoms with Crippen LogP contribution in [0.2, 0.25) is 0 Å². The van der Waals surface area contributed by atoms with Gasteiger partial charge in [-0.3, -0.25) is 0 Å². The Hall–Kier alpha value is -2.76. The van der Waals surface area contributed by atoms with Gasteiger partial charge in [-0.05, 0) is 36.8 Å². The molecule has 0 saturated heterocycles. The van der Waals surface area contributed by atoms with Crippen LogP contribution in [0.1, 0.15) is 15.9 Å². The smallest absolute Gasteiger partial charge is 0.337 e. The lowest BCUT2D eigenvalue weighted by Crippen LogP contribution is -2.05. The molecule has 0 unspecified atom stereocenters. The molecule has 0 aliphatic rings. The average molecular weight is 271 g/mol. The first-order valence-electron chi connectivity index (χ1n) is 5.92. The molecule has 3 rings (SSSR count). The predicted molar refractivity (Wildman–Crippen MR) is 70.5 cm³/mol. The van der Waals surface area contributed by atoms with E-state index in [9.17, 15) is 14.3 Å². The molecule has 1 heterocycles. The van der Waals surface area contributed by atoms with Crippen molar-refractivity contribution >= 4 is 17.0 Å². The Bertz CT molecular complexity index is 826. The van der Waals surface area contributed by atoms with Gasteiger partial charge in [0.25, 0.3) is 0 Å². The molecular formula is C14H10FN3O2. The summed E-state index contributed by atoms with van der Waals surface area (Å²) in [6, 6.07) is 9.31. The lowest BCUT2D eigenvalue weighted by Gasteiger charge is -2.06. The highest BCUT2D eigenvalue weighted by Crippen LogP contribution is 2.22. The molecule has 0 saturated carbocycles. The third kappa shape index (κ3) is 1.82. The maximum atomic E-state index is 14.0. The molecule has 3 aromatic rings. The Morgan fingerprint density at radius 1 is 1.30 bits per heavy atom. The van der Waals surface area contributed by atoms with Gasteiger partial charge in [-0.25, -0.2) is 13.9 Å². The van der Waals surface area contributed by atoms with E-state index >= 15 is 0 Å². The Morgan fingerprint density at radius 3 is 2.80 bits per heavy atom. The fourth-order valence-electron chi connectivity index (χ4n) is 2.10. The Labute approximate surface area is 113 Å². The van der Waals surface area contributed by atoms with Crippen LogP contribution in [0.15, 0.2) is 36.4 Å². The van der Waals surface area contributed by atoms with Gasteiger partial charge in [0.05, 0.1) is 5.56 Å². The van der Waals surface area contributed by atoms with Gasteiger partial charge in [0, 0.05) is 0 Å². The van der Waals surface area contributed by atoms with Gasteiger partial charge in [0.1, 0.15) is 22.5 Å². The summed E-state index contributed by atoms with van der Waals surface area (Å²) in [5.41, 5.74) is 1.67. The maximum Gasteiger partial charge on any atom is 0.337 e. The Balaban J connectivity index is 2.34. The lowest BCUT2D eigenvalue weighted by molar-refractivity contribution is 0.0698. The van der Waals surface area contributed by atoms with Crippen LogP contribution in [0.5, 0.6) is 0 Å². The lowest BCUT2D eigenvalue weighted by atomic mass is 10.1. The normalized spacial score (nSPS) is 10.9. The molecule has 0 bridgehead atoms. The first-order chi connectivity index (χ1) is 9.58. The topological polar surface area (TPSA) is 68.0 Å². The summed E-state index contributed by atoms with van der Waals surface area (Å²) in [5, 5.41) is 17.0. The molecular weight excluding hydrogens is 261 g/mol. The van der Waals surface area contributed by atoms with Crippen LogP contribution in [0, 0.1) is 12.7 Å². The number of fused-ring (bicyclic) bond motifs is 1. The van der Waals surface area contributed by atoms with E-state index < -0.39 is 11.8 Å².